The maximum atomic E-state index is 6.59. The lowest BCUT2D eigenvalue weighted by Gasteiger charge is -2.12. The van der Waals surface area contributed by atoms with Crippen molar-refractivity contribution in [1.29, 1.82) is 0 Å². The molecule has 0 N–H and O–H groups in total. The second-order valence-electron chi connectivity index (χ2n) is 14.8. The first-order chi connectivity index (χ1) is 28.7. The van der Waals surface area contributed by atoms with Crippen molar-refractivity contribution in [2.45, 2.75) is 0 Å². The van der Waals surface area contributed by atoms with Gasteiger partial charge in [-0.1, -0.05) is 152 Å². The van der Waals surface area contributed by atoms with Crippen LogP contribution in [0, 0.1) is 0 Å². The van der Waals surface area contributed by atoms with Crippen LogP contribution < -0.4 is 0 Å². The van der Waals surface area contributed by atoms with Crippen LogP contribution in [0.1, 0.15) is 0 Å². The van der Waals surface area contributed by atoms with Gasteiger partial charge in [0.25, 0.3) is 0 Å². The van der Waals surface area contributed by atoms with E-state index in [2.05, 4.69) is 156 Å². The van der Waals surface area contributed by atoms with Crippen LogP contribution >= 0.6 is 0 Å². The smallest absolute Gasteiger partial charge is 0.164 e. The minimum atomic E-state index is 0.589. The Hall–Kier alpha value is -7.89. The third-order valence-electron chi connectivity index (χ3n) is 11.4. The summed E-state index contributed by atoms with van der Waals surface area (Å²) in [6.07, 6.45) is 0. The molecule has 0 bridgehead atoms. The van der Waals surface area contributed by atoms with E-state index < -0.39 is 0 Å². The average Bonchev–Trinajstić information content (AvgIpc) is 3.84. The predicted octanol–water partition coefficient (Wildman–Crippen LogP) is 13.8. The zero-order chi connectivity index (χ0) is 38.2. The van der Waals surface area contributed by atoms with Crippen molar-refractivity contribution in [2.75, 3.05) is 0 Å². The first kappa shape index (κ1) is 32.4. The van der Waals surface area contributed by atoms with E-state index in [9.17, 15) is 0 Å². The first-order valence-electron chi connectivity index (χ1n) is 19.5. The van der Waals surface area contributed by atoms with E-state index in [1.807, 2.05) is 42.5 Å². The van der Waals surface area contributed by atoms with Gasteiger partial charge in [-0.05, 0) is 75.1 Å². The van der Waals surface area contributed by atoms with E-state index in [1.54, 1.807) is 0 Å². The molecule has 0 amide bonds. The molecule has 0 saturated carbocycles. The highest BCUT2D eigenvalue weighted by Crippen LogP contribution is 2.43. The minimum absolute atomic E-state index is 0.589. The molecule has 5 nitrogen and oxygen atoms in total. The van der Waals surface area contributed by atoms with E-state index >= 15 is 0 Å². The van der Waals surface area contributed by atoms with Crippen molar-refractivity contribution < 1.29 is 4.42 Å². The van der Waals surface area contributed by atoms with Crippen molar-refractivity contribution in [1.82, 2.24) is 19.5 Å². The SMILES string of the molecule is c1ccc(-c2nc(-c3ccc4ccccc4c3)nc(-c3cccc4oc5ccc(-n6c7ccccc7c7c8ccccc8c(-c8ccccc8)cc76)cc5c34)n2)cc1. The first-order valence-corrected chi connectivity index (χ1v) is 19.5. The molecule has 0 aliphatic rings. The zero-order valence-electron chi connectivity index (χ0n) is 31.2. The molecule has 0 fully saturated rings. The predicted molar refractivity (Wildman–Crippen MR) is 238 cm³/mol. The minimum Gasteiger partial charge on any atom is -0.456 e. The Bertz CT molecular complexity index is 3570. The van der Waals surface area contributed by atoms with Crippen LogP contribution in [0.4, 0.5) is 0 Å². The van der Waals surface area contributed by atoms with Gasteiger partial charge >= 0.3 is 0 Å². The third-order valence-corrected chi connectivity index (χ3v) is 11.4. The molecule has 0 aliphatic heterocycles. The Kier molecular flexibility index (Phi) is 7.16. The number of rotatable bonds is 5. The molecule has 12 aromatic rings. The number of hydrogen-bond acceptors (Lipinski definition) is 4. The van der Waals surface area contributed by atoms with Gasteiger partial charge in [0.05, 0.1) is 11.0 Å². The number of benzene rings is 9. The zero-order valence-corrected chi connectivity index (χ0v) is 31.2. The highest BCUT2D eigenvalue weighted by atomic mass is 16.3. The van der Waals surface area contributed by atoms with Gasteiger partial charge < -0.3 is 8.98 Å². The van der Waals surface area contributed by atoms with Gasteiger partial charge in [0.15, 0.2) is 17.5 Å². The van der Waals surface area contributed by atoms with E-state index in [4.69, 9.17) is 19.4 Å². The van der Waals surface area contributed by atoms with E-state index in [-0.39, 0.29) is 0 Å². The highest BCUT2D eigenvalue weighted by molar-refractivity contribution is 6.24. The normalized spacial score (nSPS) is 11.8. The summed E-state index contributed by atoms with van der Waals surface area (Å²) in [5, 5.41) is 9.18. The Morgan fingerprint density at radius 3 is 1.84 bits per heavy atom. The summed E-state index contributed by atoms with van der Waals surface area (Å²) in [6, 6.07) is 68.1. The van der Waals surface area contributed by atoms with Gasteiger partial charge in [-0.3, -0.25) is 0 Å². The number of nitrogens with zero attached hydrogens (tertiary/aromatic N) is 4. The monoisotopic (exact) mass is 740 g/mol. The number of aromatic nitrogens is 4. The van der Waals surface area contributed by atoms with Gasteiger partial charge in [-0.15, -0.1) is 0 Å². The molecule has 5 heteroatoms. The molecule has 0 aliphatic carbocycles. The molecule has 270 valence electrons. The fraction of sp³-hybridized carbons (Fsp3) is 0. The summed E-state index contributed by atoms with van der Waals surface area (Å²) < 4.78 is 9.00. The van der Waals surface area contributed by atoms with Gasteiger partial charge in [0, 0.05) is 43.9 Å². The highest BCUT2D eigenvalue weighted by Gasteiger charge is 2.21. The van der Waals surface area contributed by atoms with Crippen LogP contribution in [-0.2, 0) is 0 Å². The largest absolute Gasteiger partial charge is 0.456 e. The molecule has 0 unspecified atom stereocenters. The van der Waals surface area contributed by atoms with E-state index in [0.29, 0.717) is 17.5 Å². The van der Waals surface area contributed by atoms with Gasteiger partial charge in [0.1, 0.15) is 11.2 Å². The summed E-state index contributed by atoms with van der Waals surface area (Å²) in [5.41, 5.74) is 10.0. The molecule has 12 rings (SSSR count). The third kappa shape index (κ3) is 5.07. The molecule has 0 spiro atoms. The molecule has 0 saturated heterocycles. The lowest BCUT2D eigenvalue weighted by atomic mass is 9.95. The van der Waals surface area contributed by atoms with Crippen LogP contribution in [0.2, 0.25) is 0 Å². The second-order valence-corrected chi connectivity index (χ2v) is 14.8. The second kappa shape index (κ2) is 12.8. The van der Waals surface area contributed by atoms with Crippen LogP contribution in [0.3, 0.4) is 0 Å². The standard InChI is InChI=1S/C53H32N4O/c1-3-15-34(16-4-1)43-32-46-49(40-21-10-9-20-39(40)43)41-22-11-12-24-45(41)57(46)38-28-29-47-44(31-38)50-42(23-13-25-48(50)58-47)53-55-51(35-17-5-2-6-18-35)54-52(56-53)37-27-26-33-14-7-8-19-36(33)30-37/h1-32H. The topological polar surface area (TPSA) is 56.7 Å². The number of hydrogen-bond donors (Lipinski definition) is 0. The van der Waals surface area contributed by atoms with Crippen molar-refractivity contribution in [3.8, 4) is 51.0 Å². The van der Waals surface area contributed by atoms with Crippen molar-refractivity contribution in [3.63, 3.8) is 0 Å². The maximum Gasteiger partial charge on any atom is 0.164 e. The van der Waals surface area contributed by atoms with Gasteiger partial charge in [-0.25, -0.2) is 15.0 Å². The molecule has 3 heterocycles. The molecule has 3 aromatic heterocycles. The van der Waals surface area contributed by atoms with Gasteiger partial charge in [-0.2, -0.15) is 0 Å². The fourth-order valence-electron chi connectivity index (χ4n) is 8.77. The lowest BCUT2D eigenvalue weighted by Crippen LogP contribution is -2.00. The summed E-state index contributed by atoms with van der Waals surface area (Å²) in [5.74, 6) is 1.82. The van der Waals surface area contributed by atoms with E-state index in [0.717, 1.165) is 60.7 Å². The number of fused-ring (bicyclic) bond motifs is 9. The van der Waals surface area contributed by atoms with Crippen LogP contribution in [0.15, 0.2) is 199 Å². The fourth-order valence-corrected chi connectivity index (χ4v) is 8.77. The molecule has 0 atom stereocenters. The number of para-hydroxylation sites is 1. The van der Waals surface area contributed by atoms with Crippen molar-refractivity contribution >= 4 is 65.3 Å². The molecule has 9 aromatic carbocycles. The average molecular weight is 741 g/mol. The lowest BCUT2D eigenvalue weighted by molar-refractivity contribution is 0.669. The molecule has 0 radical (unpaired) electrons. The maximum absolute atomic E-state index is 6.59. The Morgan fingerprint density at radius 2 is 1.02 bits per heavy atom. The van der Waals surface area contributed by atoms with Crippen LogP contribution in [0.5, 0.6) is 0 Å². The van der Waals surface area contributed by atoms with Gasteiger partial charge in [0.2, 0.25) is 0 Å². The Morgan fingerprint density at radius 1 is 0.345 bits per heavy atom. The van der Waals surface area contributed by atoms with E-state index in [1.165, 1.54) is 38.1 Å². The van der Waals surface area contributed by atoms with Crippen LogP contribution in [0.25, 0.3) is 116 Å². The molecular formula is C53H32N4O. The molecular weight excluding hydrogens is 709 g/mol. The number of furan rings is 1. The summed E-state index contributed by atoms with van der Waals surface area (Å²) in [6.45, 7) is 0. The molecule has 58 heavy (non-hydrogen) atoms. The summed E-state index contributed by atoms with van der Waals surface area (Å²) in [4.78, 5) is 15.4. The van der Waals surface area contributed by atoms with Crippen molar-refractivity contribution in [2.24, 2.45) is 0 Å². The van der Waals surface area contributed by atoms with Crippen LogP contribution in [-0.4, -0.2) is 19.5 Å². The quantitative estimate of drug-likeness (QED) is 0.176. The Balaban J connectivity index is 1.11. The van der Waals surface area contributed by atoms with Crippen molar-refractivity contribution in [3.05, 3.63) is 194 Å². The summed E-state index contributed by atoms with van der Waals surface area (Å²) in [7, 11) is 0. The summed E-state index contributed by atoms with van der Waals surface area (Å²) >= 11 is 0. The Labute approximate surface area is 333 Å².